The molecule has 2 nitrogen and oxygen atoms in total. The van der Waals surface area contributed by atoms with Crippen molar-refractivity contribution in [3.63, 3.8) is 0 Å². The van der Waals surface area contributed by atoms with Crippen LogP contribution >= 0.6 is 0 Å². The Labute approximate surface area is 142 Å². The molecule has 120 valence electrons. The Morgan fingerprint density at radius 1 is 0.708 bits per heavy atom. The minimum atomic E-state index is 0.176. The maximum Gasteiger partial charge on any atom is 0.0704 e. The first kappa shape index (κ1) is 14.8. The number of nitrogens with zero attached hydrogens (tertiary/aromatic N) is 1. The molecule has 0 saturated carbocycles. The largest absolute Gasteiger partial charge is 0.339 e. The van der Waals surface area contributed by atoms with Crippen LogP contribution in [0.1, 0.15) is 26.3 Å². The third-order valence-electron chi connectivity index (χ3n) is 4.79. The smallest absolute Gasteiger partial charge is 0.0704 e. The first-order valence-corrected chi connectivity index (χ1v) is 8.34. The van der Waals surface area contributed by atoms with Gasteiger partial charge in [-0.2, -0.15) is 0 Å². The van der Waals surface area contributed by atoms with Crippen LogP contribution in [0.3, 0.4) is 0 Å². The van der Waals surface area contributed by atoms with Crippen LogP contribution in [0.15, 0.2) is 66.7 Å². The second kappa shape index (κ2) is 5.13. The quantitative estimate of drug-likeness (QED) is 0.464. The molecule has 24 heavy (non-hydrogen) atoms. The van der Waals surface area contributed by atoms with Crippen LogP contribution in [-0.4, -0.2) is 4.68 Å². The monoisotopic (exact) mass is 314 g/mol. The van der Waals surface area contributed by atoms with Crippen LogP contribution in [0, 0.1) is 0 Å². The predicted octanol–water partition coefficient (Wildman–Crippen LogP) is 5.47. The fourth-order valence-corrected chi connectivity index (χ4v) is 3.35. The first-order valence-electron chi connectivity index (χ1n) is 8.34. The molecule has 0 aliphatic rings. The van der Waals surface area contributed by atoms with E-state index in [-0.39, 0.29) is 5.41 Å². The van der Waals surface area contributed by atoms with Gasteiger partial charge in [0.25, 0.3) is 0 Å². The summed E-state index contributed by atoms with van der Waals surface area (Å²) >= 11 is 0. The second-order valence-electron chi connectivity index (χ2n) is 7.45. The zero-order valence-corrected chi connectivity index (χ0v) is 14.4. The second-order valence-corrected chi connectivity index (χ2v) is 7.45. The average molecular weight is 314 g/mol. The van der Waals surface area contributed by atoms with Gasteiger partial charge in [0.15, 0.2) is 0 Å². The van der Waals surface area contributed by atoms with Gasteiger partial charge in [-0.05, 0) is 40.3 Å². The standard InChI is InChI=1S/C22H22N2/c1-22(2,3)17-11-8-15(9-12-17)16-10-13-21-19(14-16)18-6-4-5-7-20(18)24(21)23/h4-14H,23H2,1-3H3. The maximum atomic E-state index is 6.25. The van der Waals surface area contributed by atoms with Crippen LogP contribution in [0.5, 0.6) is 0 Å². The van der Waals surface area contributed by atoms with Crippen LogP contribution in [0.2, 0.25) is 0 Å². The van der Waals surface area contributed by atoms with Gasteiger partial charge >= 0.3 is 0 Å². The van der Waals surface area contributed by atoms with E-state index in [0.717, 1.165) is 11.0 Å². The van der Waals surface area contributed by atoms with Crippen molar-refractivity contribution in [2.75, 3.05) is 5.84 Å². The summed E-state index contributed by atoms with van der Waals surface area (Å²) in [5, 5.41) is 2.40. The Kier molecular flexibility index (Phi) is 3.17. The van der Waals surface area contributed by atoms with E-state index < -0.39 is 0 Å². The highest BCUT2D eigenvalue weighted by Crippen LogP contribution is 2.32. The third-order valence-corrected chi connectivity index (χ3v) is 4.79. The van der Waals surface area contributed by atoms with Gasteiger partial charge in [0.05, 0.1) is 11.0 Å². The lowest BCUT2D eigenvalue weighted by Crippen LogP contribution is -2.10. The number of benzene rings is 3. The molecule has 3 aromatic carbocycles. The zero-order valence-electron chi connectivity index (χ0n) is 14.4. The number of fused-ring (bicyclic) bond motifs is 3. The predicted molar refractivity (Wildman–Crippen MR) is 104 cm³/mol. The molecule has 0 saturated heterocycles. The van der Waals surface area contributed by atoms with Gasteiger partial charge in [-0.1, -0.05) is 69.3 Å². The van der Waals surface area contributed by atoms with Gasteiger partial charge in [-0.25, -0.2) is 0 Å². The maximum absolute atomic E-state index is 6.25. The van der Waals surface area contributed by atoms with E-state index in [0.29, 0.717) is 0 Å². The minimum Gasteiger partial charge on any atom is -0.339 e. The van der Waals surface area contributed by atoms with Crippen LogP contribution in [0.25, 0.3) is 32.9 Å². The van der Waals surface area contributed by atoms with Gasteiger partial charge < -0.3 is 5.84 Å². The average Bonchev–Trinajstić information content (AvgIpc) is 2.87. The van der Waals surface area contributed by atoms with Gasteiger partial charge in [-0.15, -0.1) is 0 Å². The van der Waals surface area contributed by atoms with Gasteiger partial charge in [0, 0.05) is 10.8 Å². The Morgan fingerprint density at radius 3 is 2.04 bits per heavy atom. The summed E-state index contributed by atoms with van der Waals surface area (Å²) in [5.41, 5.74) is 6.11. The molecule has 4 rings (SSSR count). The topological polar surface area (TPSA) is 30.9 Å². The number of nitrogens with two attached hydrogens (primary N) is 1. The Morgan fingerprint density at radius 2 is 1.33 bits per heavy atom. The molecule has 0 aliphatic heterocycles. The van der Waals surface area contributed by atoms with Crippen molar-refractivity contribution in [2.45, 2.75) is 26.2 Å². The van der Waals surface area contributed by atoms with Crippen LogP contribution in [0.4, 0.5) is 0 Å². The third kappa shape index (κ3) is 2.26. The van der Waals surface area contributed by atoms with E-state index in [4.69, 9.17) is 5.84 Å². The molecular formula is C22H22N2. The fraction of sp³-hybridized carbons (Fsp3) is 0.182. The van der Waals surface area contributed by atoms with Gasteiger partial charge in [-0.3, -0.25) is 4.68 Å². The van der Waals surface area contributed by atoms with Crippen LogP contribution in [-0.2, 0) is 5.41 Å². The van der Waals surface area contributed by atoms with E-state index in [9.17, 15) is 0 Å². The molecule has 2 N–H and O–H groups in total. The molecule has 2 heteroatoms. The lowest BCUT2D eigenvalue weighted by molar-refractivity contribution is 0.590. The zero-order chi connectivity index (χ0) is 16.9. The SMILES string of the molecule is CC(C)(C)c1ccc(-c2ccc3c(c2)c2ccccc2n3N)cc1. The van der Waals surface area contributed by atoms with Crippen molar-refractivity contribution >= 4 is 21.8 Å². The van der Waals surface area contributed by atoms with Crippen molar-refractivity contribution in [1.82, 2.24) is 4.68 Å². The molecule has 0 spiro atoms. The lowest BCUT2D eigenvalue weighted by Gasteiger charge is -2.19. The highest BCUT2D eigenvalue weighted by Gasteiger charge is 2.14. The molecule has 0 bridgehead atoms. The number of aromatic nitrogens is 1. The fourth-order valence-electron chi connectivity index (χ4n) is 3.35. The molecule has 1 heterocycles. The summed E-state index contributed by atoms with van der Waals surface area (Å²) in [4.78, 5) is 0. The van der Waals surface area contributed by atoms with Crippen LogP contribution < -0.4 is 5.84 Å². The van der Waals surface area contributed by atoms with E-state index in [1.807, 2.05) is 6.07 Å². The van der Waals surface area contributed by atoms with Crippen molar-refractivity contribution in [3.05, 3.63) is 72.3 Å². The number of hydrogen-bond donors (Lipinski definition) is 1. The van der Waals surface area contributed by atoms with E-state index >= 15 is 0 Å². The molecule has 0 fully saturated rings. The van der Waals surface area contributed by atoms with Gasteiger partial charge in [0.2, 0.25) is 0 Å². The summed E-state index contributed by atoms with van der Waals surface area (Å²) in [5.74, 6) is 6.25. The van der Waals surface area contributed by atoms with E-state index in [2.05, 4.69) is 81.4 Å². The summed E-state index contributed by atoms with van der Waals surface area (Å²) in [6.07, 6.45) is 0. The van der Waals surface area contributed by atoms with Gasteiger partial charge in [0.1, 0.15) is 0 Å². The molecule has 0 amide bonds. The minimum absolute atomic E-state index is 0.176. The number of hydrogen-bond acceptors (Lipinski definition) is 1. The van der Waals surface area contributed by atoms with E-state index in [1.165, 1.54) is 27.5 Å². The lowest BCUT2D eigenvalue weighted by atomic mass is 9.86. The Balaban J connectivity index is 1.87. The van der Waals surface area contributed by atoms with Crippen molar-refractivity contribution in [1.29, 1.82) is 0 Å². The highest BCUT2D eigenvalue weighted by molar-refractivity contribution is 6.09. The van der Waals surface area contributed by atoms with Crippen molar-refractivity contribution in [3.8, 4) is 11.1 Å². The summed E-state index contributed by atoms with van der Waals surface area (Å²) in [6.45, 7) is 6.72. The molecule has 4 aromatic rings. The molecule has 1 aromatic heterocycles. The normalized spacial score (nSPS) is 12.1. The Hall–Kier alpha value is -2.74. The number of para-hydroxylation sites is 1. The molecule has 0 unspecified atom stereocenters. The van der Waals surface area contributed by atoms with Crippen molar-refractivity contribution in [2.24, 2.45) is 0 Å². The summed E-state index contributed by atoms with van der Waals surface area (Å²) in [7, 11) is 0. The molecule has 0 atom stereocenters. The molecular weight excluding hydrogens is 292 g/mol. The number of rotatable bonds is 1. The highest BCUT2D eigenvalue weighted by atomic mass is 15.3. The van der Waals surface area contributed by atoms with Crippen molar-refractivity contribution < 1.29 is 0 Å². The van der Waals surface area contributed by atoms with E-state index in [1.54, 1.807) is 4.68 Å². The first-order chi connectivity index (χ1) is 11.4. The number of nitrogen functional groups attached to an aromatic ring is 1. The molecule has 0 aliphatic carbocycles. The summed E-state index contributed by atoms with van der Waals surface area (Å²) in [6, 6.07) is 23.7. The molecule has 0 radical (unpaired) electrons. The summed E-state index contributed by atoms with van der Waals surface area (Å²) < 4.78 is 1.77. The Bertz CT molecular complexity index is 1030.